The summed E-state index contributed by atoms with van der Waals surface area (Å²) in [6, 6.07) is 6.76. The Labute approximate surface area is 133 Å². The zero-order chi connectivity index (χ0) is 15.6. The van der Waals surface area contributed by atoms with Gasteiger partial charge in [-0.2, -0.15) is 5.10 Å². The SMILES string of the molecule is CC(C)(N)CNC(=O)c1ccn(-c2ccc(Cl)c(Cl)c2)n1. The van der Waals surface area contributed by atoms with Gasteiger partial charge in [0, 0.05) is 18.3 Å². The highest BCUT2D eigenvalue weighted by Crippen LogP contribution is 2.24. The topological polar surface area (TPSA) is 72.9 Å². The quantitative estimate of drug-likeness (QED) is 0.907. The molecule has 7 heteroatoms. The monoisotopic (exact) mass is 326 g/mol. The van der Waals surface area contributed by atoms with Crippen LogP contribution in [0.15, 0.2) is 30.5 Å². The van der Waals surface area contributed by atoms with Crippen molar-refractivity contribution in [1.29, 1.82) is 0 Å². The van der Waals surface area contributed by atoms with Gasteiger partial charge in [0.1, 0.15) is 0 Å². The Morgan fingerprint density at radius 3 is 2.67 bits per heavy atom. The molecule has 0 saturated heterocycles. The Kier molecular flexibility index (Phi) is 4.56. The highest BCUT2D eigenvalue weighted by atomic mass is 35.5. The second-order valence-corrected chi connectivity index (χ2v) is 6.23. The van der Waals surface area contributed by atoms with Crippen LogP contribution in [0.4, 0.5) is 0 Å². The summed E-state index contributed by atoms with van der Waals surface area (Å²) < 4.78 is 1.56. The fourth-order valence-corrected chi connectivity index (χ4v) is 1.91. The van der Waals surface area contributed by atoms with Crippen LogP contribution in [-0.2, 0) is 0 Å². The number of hydrogen-bond acceptors (Lipinski definition) is 3. The van der Waals surface area contributed by atoms with Crippen LogP contribution in [0.2, 0.25) is 10.0 Å². The molecular formula is C14H16Cl2N4O. The molecule has 2 aromatic rings. The number of carbonyl (C=O) groups excluding carboxylic acids is 1. The lowest BCUT2D eigenvalue weighted by atomic mass is 10.1. The lowest BCUT2D eigenvalue weighted by Crippen LogP contribution is -2.45. The van der Waals surface area contributed by atoms with Crippen molar-refractivity contribution in [2.45, 2.75) is 19.4 Å². The first-order valence-corrected chi connectivity index (χ1v) is 7.10. The molecule has 112 valence electrons. The van der Waals surface area contributed by atoms with Crippen LogP contribution in [0, 0.1) is 0 Å². The molecule has 0 atom stereocenters. The number of carbonyl (C=O) groups is 1. The summed E-state index contributed by atoms with van der Waals surface area (Å²) in [6.07, 6.45) is 1.68. The van der Waals surface area contributed by atoms with Crippen molar-refractivity contribution in [2.75, 3.05) is 6.54 Å². The van der Waals surface area contributed by atoms with Crippen LogP contribution in [-0.4, -0.2) is 27.8 Å². The van der Waals surface area contributed by atoms with Gasteiger partial charge in [-0.1, -0.05) is 23.2 Å². The summed E-state index contributed by atoms with van der Waals surface area (Å²) in [7, 11) is 0. The minimum atomic E-state index is -0.470. The van der Waals surface area contributed by atoms with E-state index in [-0.39, 0.29) is 5.91 Å². The third kappa shape index (κ3) is 4.20. The second kappa shape index (κ2) is 6.05. The van der Waals surface area contributed by atoms with Crippen molar-refractivity contribution in [2.24, 2.45) is 5.73 Å². The number of halogens is 2. The Balaban J connectivity index is 2.14. The highest BCUT2D eigenvalue weighted by Gasteiger charge is 2.15. The molecule has 1 aromatic carbocycles. The smallest absolute Gasteiger partial charge is 0.271 e. The number of nitrogens with zero attached hydrogens (tertiary/aromatic N) is 2. The summed E-state index contributed by atoms with van der Waals surface area (Å²) in [5, 5.41) is 7.85. The van der Waals surface area contributed by atoms with Gasteiger partial charge >= 0.3 is 0 Å². The van der Waals surface area contributed by atoms with Crippen molar-refractivity contribution in [3.63, 3.8) is 0 Å². The van der Waals surface area contributed by atoms with Gasteiger partial charge in [-0.25, -0.2) is 4.68 Å². The van der Waals surface area contributed by atoms with Gasteiger partial charge in [0.25, 0.3) is 5.91 Å². The molecule has 0 aliphatic heterocycles. The number of benzene rings is 1. The van der Waals surface area contributed by atoms with Crippen molar-refractivity contribution in [3.8, 4) is 5.69 Å². The molecule has 1 amide bonds. The molecule has 0 fully saturated rings. The number of hydrogen-bond donors (Lipinski definition) is 2. The molecule has 0 spiro atoms. The number of rotatable bonds is 4. The second-order valence-electron chi connectivity index (χ2n) is 5.42. The van der Waals surface area contributed by atoms with Gasteiger partial charge in [-0.05, 0) is 38.1 Å². The van der Waals surface area contributed by atoms with Crippen molar-refractivity contribution in [3.05, 3.63) is 46.2 Å². The van der Waals surface area contributed by atoms with E-state index in [4.69, 9.17) is 28.9 Å². The zero-order valence-corrected chi connectivity index (χ0v) is 13.2. The van der Waals surface area contributed by atoms with Gasteiger partial charge in [0.05, 0.1) is 15.7 Å². The first kappa shape index (κ1) is 15.8. The molecule has 0 aliphatic rings. The summed E-state index contributed by atoms with van der Waals surface area (Å²) in [5.41, 5.74) is 6.39. The Morgan fingerprint density at radius 2 is 2.05 bits per heavy atom. The van der Waals surface area contributed by atoms with Crippen LogP contribution in [0.1, 0.15) is 24.3 Å². The summed E-state index contributed by atoms with van der Waals surface area (Å²) in [4.78, 5) is 12.0. The van der Waals surface area contributed by atoms with Crippen LogP contribution < -0.4 is 11.1 Å². The van der Waals surface area contributed by atoms with Crippen molar-refractivity contribution >= 4 is 29.1 Å². The Hall–Kier alpha value is -1.56. The standard InChI is InChI=1S/C14H16Cl2N4O/c1-14(2,17)8-18-13(21)12-5-6-20(19-12)9-3-4-10(15)11(16)7-9/h3-7H,8,17H2,1-2H3,(H,18,21). The number of nitrogens with two attached hydrogens (primary N) is 1. The molecule has 3 N–H and O–H groups in total. The van der Waals surface area contributed by atoms with E-state index >= 15 is 0 Å². The number of nitrogens with one attached hydrogen (secondary N) is 1. The van der Waals surface area contributed by atoms with E-state index in [1.807, 2.05) is 13.8 Å². The molecule has 1 aromatic heterocycles. The van der Waals surface area contributed by atoms with Crippen LogP contribution in [0.5, 0.6) is 0 Å². The minimum absolute atomic E-state index is 0.271. The van der Waals surface area contributed by atoms with Gasteiger partial charge < -0.3 is 11.1 Å². The van der Waals surface area contributed by atoms with Gasteiger partial charge in [0.15, 0.2) is 5.69 Å². The molecule has 0 saturated carbocycles. The van der Waals surface area contributed by atoms with Crippen molar-refractivity contribution < 1.29 is 4.79 Å². The van der Waals surface area contributed by atoms with E-state index in [0.717, 1.165) is 5.69 Å². The number of amides is 1. The van der Waals surface area contributed by atoms with Gasteiger partial charge in [-0.3, -0.25) is 4.79 Å². The average molecular weight is 327 g/mol. The molecule has 2 rings (SSSR count). The van der Waals surface area contributed by atoms with E-state index in [1.54, 1.807) is 35.1 Å². The Morgan fingerprint density at radius 1 is 1.33 bits per heavy atom. The maximum absolute atomic E-state index is 12.0. The third-order valence-corrected chi connectivity index (χ3v) is 3.43. The van der Waals surface area contributed by atoms with Crippen LogP contribution in [0.3, 0.4) is 0 Å². The van der Waals surface area contributed by atoms with Crippen LogP contribution >= 0.6 is 23.2 Å². The molecule has 0 unspecified atom stereocenters. The molecule has 0 bridgehead atoms. The normalized spacial score (nSPS) is 11.5. The van der Waals surface area contributed by atoms with E-state index < -0.39 is 5.54 Å². The largest absolute Gasteiger partial charge is 0.349 e. The first-order valence-electron chi connectivity index (χ1n) is 6.34. The average Bonchev–Trinajstić information content (AvgIpc) is 2.88. The molecule has 21 heavy (non-hydrogen) atoms. The third-order valence-electron chi connectivity index (χ3n) is 2.69. The summed E-state index contributed by atoms with van der Waals surface area (Å²) in [6.45, 7) is 4.04. The molecule has 0 radical (unpaired) electrons. The summed E-state index contributed by atoms with van der Waals surface area (Å²) >= 11 is 11.8. The number of aromatic nitrogens is 2. The van der Waals surface area contributed by atoms with E-state index in [1.165, 1.54) is 0 Å². The molecule has 5 nitrogen and oxygen atoms in total. The van der Waals surface area contributed by atoms with E-state index in [0.29, 0.717) is 22.3 Å². The molecule has 1 heterocycles. The molecular weight excluding hydrogens is 311 g/mol. The van der Waals surface area contributed by atoms with E-state index in [2.05, 4.69) is 10.4 Å². The van der Waals surface area contributed by atoms with E-state index in [9.17, 15) is 4.79 Å². The minimum Gasteiger partial charge on any atom is -0.349 e. The lowest BCUT2D eigenvalue weighted by Gasteiger charge is -2.18. The lowest BCUT2D eigenvalue weighted by molar-refractivity contribution is 0.0940. The molecule has 0 aliphatic carbocycles. The maximum Gasteiger partial charge on any atom is 0.271 e. The first-order chi connectivity index (χ1) is 9.76. The fourth-order valence-electron chi connectivity index (χ4n) is 1.62. The highest BCUT2D eigenvalue weighted by molar-refractivity contribution is 6.42. The predicted octanol–water partition coefficient (Wildman–Crippen LogP) is 2.65. The summed E-state index contributed by atoms with van der Waals surface area (Å²) in [5.74, 6) is -0.271. The Bertz CT molecular complexity index is 661. The zero-order valence-electron chi connectivity index (χ0n) is 11.7. The fraction of sp³-hybridized carbons (Fsp3) is 0.286. The maximum atomic E-state index is 12.0. The van der Waals surface area contributed by atoms with Crippen LogP contribution in [0.25, 0.3) is 5.69 Å². The van der Waals surface area contributed by atoms with Gasteiger partial charge in [-0.15, -0.1) is 0 Å². The van der Waals surface area contributed by atoms with Crippen molar-refractivity contribution in [1.82, 2.24) is 15.1 Å². The van der Waals surface area contributed by atoms with Gasteiger partial charge in [0.2, 0.25) is 0 Å². The predicted molar refractivity (Wildman–Crippen MR) is 84.2 cm³/mol.